The van der Waals surface area contributed by atoms with Gasteiger partial charge in [0.2, 0.25) is 0 Å². The zero-order chi connectivity index (χ0) is 11.0. The van der Waals surface area contributed by atoms with Crippen molar-refractivity contribution in [1.29, 1.82) is 0 Å². The van der Waals surface area contributed by atoms with E-state index in [4.69, 9.17) is 5.10 Å². The van der Waals surface area contributed by atoms with Crippen LogP contribution in [0.2, 0.25) is 0 Å². The van der Waals surface area contributed by atoms with Crippen molar-refractivity contribution in [2.45, 2.75) is 51.5 Å². The summed E-state index contributed by atoms with van der Waals surface area (Å²) in [5.74, 6) is 2.07. The van der Waals surface area contributed by atoms with Crippen molar-refractivity contribution in [2.24, 2.45) is 5.92 Å². The summed E-state index contributed by atoms with van der Waals surface area (Å²) in [5, 5.41) is 8.32. The quantitative estimate of drug-likeness (QED) is 0.828. The summed E-state index contributed by atoms with van der Waals surface area (Å²) in [4.78, 5) is 0. The summed E-state index contributed by atoms with van der Waals surface area (Å²) in [6.45, 7) is 3.37. The first-order valence-corrected chi connectivity index (χ1v) is 6.71. The molecule has 1 aliphatic heterocycles. The number of fused-ring (bicyclic) bond motifs is 3. The third kappa shape index (κ3) is 1.62. The van der Waals surface area contributed by atoms with Crippen LogP contribution in [0.15, 0.2) is 6.07 Å². The summed E-state index contributed by atoms with van der Waals surface area (Å²) < 4.78 is 2.28. The van der Waals surface area contributed by atoms with Gasteiger partial charge in [-0.2, -0.15) is 5.10 Å². The number of nitrogens with one attached hydrogen (secondary N) is 1. The number of nitrogens with zero attached hydrogens (tertiary/aromatic N) is 2. The third-order valence-corrected chi connectivity index (χ3v) is 4.02. The first-order valence-electron chi connectivity index (χ1n) is 6.71. The molecule has 16 heavy (non-hydrogen) atoms. The molecule has 2 atom stereocenters. The summed E-state index contributed by atoms with van der Waals surface area (Å²) in [7, 11) is 0. The fraction of sp³-hybridized carbons (Fsp3) is 0.769. The van der Waals surface area contributed by atoms with Gasteiger partial charge in [-0.05, 0) is 25.2 Å². The Kier molecular flexibility index (Phi) is 2.62. The zero-order valence-electron chi connectivity index (χ0n) is 10.1. The van der Waals surface area contributed by atoms with E-state index in [1.165, 1.54) is 43.6 Å². The average molecular weight is 219 g/mol. The Hall–Kier alpha value is -0.990. The summed E-state index contributed by atoms with van der Waals surface area (Å²) >= 11 is 0. The van der Waals surface area contributed by atoms with E-state index in [1.54, 1.807) is 0 Å². The Balaban J connectivity index is 1.88. The standard InChI is InChI=1S/C13H21N3/c1-2-5-11-8-13-14-9-10-6-3-4-7-12(10)16(13)15-11/h8,10,12,14H,2-7,9H2,1H3. The van der Waals surface area contributed by atoms with Crippen LogP contribution in [-0.4, -0.2) is 16.3 Å². The van der Waals surface area contributed by atoms with Crippen molar-refractivity contribution in [3.05, 3.63) is 11.8 Å². The maximum absolute atomic E-state index is 4.78. The number of aromatic nitrogens is 2. The first-order chi connectivity index (χ1) is 7.88. The van der Waals surface area contributed by atoms with Crippen LogP contribution in [0.3, 0.4) is 0 Å². The molecule has 0 amide bonds. The van der Waals surface area contributed by atoms with Gasteiger partial charge in [-0.15, -0.1) is 0 Å². The van der Waals surface area contributed by atoms with Crippen molar-refractivity contribution < 1.29 is 0 Å². The number of aryl methyl sites for hydroxylation is 1. The van der Waals surface area contributed by atoms with Crippen LogP contribution in [0.25, 0.3) is 0 Å². The largest absolute Gasteiger partial charge is 0.370 e. The smallest absolute Gasteiger partial charge is 0.124 e. The Morgan fingerprint density at radius 1 is 1.44 bits per heavy atom. The minimum absolute atomic E-state index is 0.676. The van der Waals surface area contributed by atoms with Crippen LogP contribution >= 0.6 is 0 Å². The summed E-state index contributed by atoms with van der Waals surface area (Å²) in [5.41, 5.74) is 1.26. The van der Waals surface area contributed by atoms with E-state index in [0.717, 1.165) is 18.9 Å². The highest BCUT2D eigenvalue weighted by Gasteiger charge is 2.32. The van der Waals surface area contributed by atoms with Crippen molar-refractivity contribution in [3.63, 3.8) is 0 Å². The Labute approximate surface area is 97.2 Å². The molecule has 0 bridgehead atoms. The fourth-order valence-electron chi connectivity index (χ4n) is 3.19. The van der Waals surface area contributed by atoms with Crippen LogP contribution in [0, 0.1) is 5.92 Å². The van der Waals surface area contributed by atoms with E-state index in [2.05, 4.69) is 23.0 Å². The van der Waals surface area contributed by atoms with Crippen molar-refractivity contribution in [3.8, 4) is 0 Å². The summed E-state index contributed by atoms with van der Waals surface area (Å²) in [6.07, 6.45) is 7.78. The normalized spacial score (nSPS) is 28.1. The van der Waals surface area contributed by atoms with Crippen molar-refractivity contribution in [1.82, 2.24) is 9.78 Å². The van der Waals surface area contributed by atoms with Gasteiger partial charge in [0.05, 0.1) is 11.7 Å². The first kappa shape index (κ1) is 10.2. The minimum atomic E-state index is 0.676. The van der Waals surface area contributed by atoms with Gasteiger partial charge >= 0.3 is 0 Å². The lowest BCUT2D eigenvalue weighted by molar-refractivity contribution is 0.222. The SMILES string of the molecule is CCCc1cc2n(n1)C1CCCCC1CN2. The van der Waals surface area contributed by atoms with Gasteiger partial charge in [-0.3, -0.25) is 0 Å². The van der Waals surface area contributed by atoms with Crippen molar-refractivity contribution >= 4 is 5.82 Å². The van der Waals surface area contributed by atoms with E-state index >= 15 is 0 Å². The van der Waals surface area contributed by atoms with Crippen LogP contribution in [-0.2, 0) is 6.42 Å². The molecule has 1 aromatic rings. The predicted octanol–water partition coefficient (Wildman–Crippen LogP) is 2.99. The van der Waals surface area contributed by atoms with Gasteiger partial charge in [-0.1, -0.05) is 26.2 Å². The average Bonchev–Trinajstić information content (AvgIpc) is 2.72. The van der Waals surface area contributed by atoms with Gasteiger partial charge in [0.25, 0.3) is 0 Å². The molecule has 1 N–H and O–H groups in total. The molecule has 2 heterocycles. The highest BCUT2D eigenvalue weighted by Crippen LogP contribution is 2.38. The lowest BCUT2D eigenvalue weighted by Crippen LogP contribution is -2.35. The molecule has 1 aliphatic carbocycles. The number of hydrogen-bond donors (Lipinski definition) is 1. The number of anilines is 1. The van der Waals surface area contributed by atoms with E-state index in [9.17, 15) is 0 Å². The van der Waals surface area contributed by atoms with Crippen LogP contribution < -0.4 is 5.32 Å². The molecule has 0 radical (unpaired) electrons. The highest BCUT2D eigenvalue weighted by molar-refractivity contribution is 5.40. The van der Waals surface area contributed by atoms with E-state index in [1.807, 2.05) is 0 Å². The zero-order valence-corrected chi connectivity index (χ0v) is 10.1. The molecule has 88 valence electrons. The van der Waals surface area contributed by atoms with E-state index < -0.39 is 0 Å². The van der Waals surface area contributed by atoms with Crippen LogP contribution in [0.1, 0.15) is 50.8 Å². The molecule has 0 saturated heterocycles. The van der Waals surface area contributed by atoms with Crippen LogP contribution in [0.5, 0.6) is 0 Å². The lowest BCUT2D eigenvalue weighted by atomic mass is 9.83. The molecule has 3 nitrogen and oxygen atoms in total. The van der Waals surface area contributed by atoms with Gasteiger partial charge in [-0.25, -0.2) is 4.68 Å². The number of rotatable bonds is 2. The monoisotopic (exact) mass is 219 g/mol. The Morgan fingerprint density at radius 2 is 2.31 bits per heavy atom. The molecule has 0 aromatic carbocycles. The Morgan fingerprint density at radius 3 is 3.19 bits per heavy atom. The maximum atomic E-state index is 4.78. The second kappa shape index (κ2) is 4.11. The number of hydrogen-bond acceptors (Lipinski definition) is 2. The van der Waals surface area contributed by atoms with E-state index in [0.29, 0.717) is 6.04 Å². The fourth-order valence-corrected chi connectivity index (χ4v) is 3.19. The molecule has 2 unspecified atom stereocenters. The van der Waals surface area contributed by atoms with E-state index in [-0.39, 0.29) is 0 Å². The van der Waals surface area contributed by atoms with Crippen LogP contribution in [0.4, 0.5) is 5.82 Å². The molecule has 3 rings (SSSR count). The molecule has 1 saturated carbocycles. The van der Waals surface area contributed by atoms with Gasteiger partial charge < -0.3 is 5.32 Å². The van der Waals surface area contributed by atoms with Crippen molar-refractivity contribution in [2.75, 3.05) is 11.9 Å². The molecular weight excluding hydrogens is 198 g/mol. The topological polar surface area (TPSA) is 29.9 Å². The molecule has 1 aromatic heterocycles. The minimum Gasteiger partial charge on any atom is -0.370 e. The van der Waals surface area contributed by atoms with Gasteiger partial charge in [0.1, 0.15) is 5.82 Å². The third-order valence-electron chi connectivity index (χ3n) is 4.02. The molecule has 2 aliphatic rings. The summed E-state index contributed by atoms with van der Waals surface area (Å²) in [6, 6.07) is 2.92. The molecule has 0 spiro atoms. The lowest BCUT2D eigenvalue weighted by Gasteiger charge is -2.36. The van der Waals surface area contributed by atoms with Gasteiger partial charge in [0.15, 0.2) is 0 Å². The van der Waals surface area contributed by atoms with Gasteiger partial charge in [0, 0.05) is 12.6 Å². The highest BCUT2D eigenvalue weighted by atomic mass is 15.4. The Bertz CT molecular complexity index is 369. The second-order valence-electron chi connectivity index (χ2n) is 5.21. The second-order valence-corrected chi connectivity index (χ2v) is 5.21. The molecule has 1 fully saturated rings. The maximum Gasteiger partial charge on any atom is 0.124 e. The molecular formula is C13H21N3. The predicted molar refractivity (Wildman–Crippen MR) is 65.7 cm³/mol. The molecule has 3 heteroatoms.